The van der Waals surface area contributed by atoms with Gasteiger partial charge < -0.3 is 5.32 Å². The molecule has 100 valence electrons. The van der Waals surface area contributed by atoms with E-state index in [1.807, 2.05) is 0 Å². The van der Waals surface area contributed by atoms with Crippen molar-refractivity contribution in [2.45, 2.75) is 13.0 Å². The van der Waals surface area contributed by atoms with E-state index in [0.717, 1.165) is 6.20 Å². The summed E-state index contributed by atoms with van der Waals surface area (Å²) in [5.41, 5.74) is 0.252. The van der Waals surface area contributed by atoms with Gasteiger partial charge in [0.05, 0.1) is 12.2 Å². The van der Waals surface area contributed by atoms with Gasteiger partial charge in [-0.15, -0.1) is 0 Å². The molecule has 0 aliphatic rings. The van der Waals surface area contributed by atoms with Crippen LogP contribution < -0.4 is 5.32 Å². The molecule has 0 amide bonds. The Labute approximate surface area is 109 Å². The van der Waals surface area contributed by atoms with Crippen LogP contribution in [0.5, 0.6) is 0 Å². The monoisotopic (exact) mass is 266 g/mol. The van der Waals surface area contributed by atoms with Crippen molar-refractivity contribution in [2.24, 2.45) is 0 Å². The first-order chi connectivity index (χ1) is 9.13. The first-order valence-electron chi connectivity index (χ1n) is 5.91. The van der Waals surface area contributed by atoms with Crippen molar-refractivity contribution in [1.82, 2.24) is 10.3 Å². The van der Waals surface area contributed by atoms with Gasteiger partial charge in [0.2, 0.25) is 0 Å². The average Bonchev–Trinajstić information content (AvgIpc) is 2.37. The number of benzene rings is 1. The van der Waals surface area contributed by atoms with Crippen molar-refractivity contribution in [3.63, 3.8) is 0 Å². The number of hydrogen-bond donors (Lipinski definition) is 1. The van der Waals surface area contributed by atoms with Crippen LogP contribution in [0, 0.1) is 17.5 Å². The quantitative estimate of drug-likeness (QED) is 0.919. The zero-order chi connectivity index (χ0) is 13.8. The van der Waals surface area contributed by atoms with Crippen molar-refractivity contribution >= 4 is 0 Å². The first-order valence-corrected chi connectivity index (χ1v) is 5.91. The Kier molecular flexibility index (Phi) is 4.16. The molecule has 1 atom stereocenters. The fourth-order valence-electron chi connectivity index (χ4n) is 1.96. The van der Waals surface area contributed by atoms with Crippen LogP contribution in [0.3, 0.4) is 0 Å². The molecule has 0 fully saturated rings. The maximum absolute atomic E-state index is 13.8. The molecule has 1 aromatic carbocycles. The normalized spacial score (nSPS) is 12.4. The summed E-state index contributed by atoms with van der Waals surface area (Å²) in [7, 11) is 0. The van der Waals surface area contributed by atoms with E-state index in [4.69, 9.17) is 0 Å². The zero-order valence-electron chi connectivity index (χ0n) is 10.3. The molecule has 1 aromatic heterocycles. The van der Waals surface area contributed by atoms with Gasteiger partial charge in [0.25, 0.3) is 0 Å². The summed E-state index contributed by atoms with van der Waals surface area (Å²) in [6.07, 6.45) is 2.44. The molecule has 2 nitrogen and oxygen atoms in total. The molecular formula is C14H13F3N2. The predicted molar refractivity (Wildman–Crippen MR) is 66.1 cm³/mol. The fourth-order valence-corrected chi connectivity index (χ4v) is 1.96. The molecule has 0 aliphatic heterocycles. The van der Waals surface area contributed by atoms with Crippen LogP contribution in [0.2, 0.25) is 0 Å². The summed E-state index contributed by atoms with van der Waals surface area (Å²) >= 11 is 0. The molecule has 1 heterocycles. The van der Waals surface area contributed by atoms with Gasteiger partial charge in [0, 0.05) is 11.8 Å². The highest BCUT2D eigenvalue weighted by atomic mass is 19.1. The van der Waals surface area contributed by atoms with Gasteiger partial charge in [0.15, 0.2) is 0 Å². The van der Waals surface area contributed by atoms with Gasteiger partial charge >= 0.3 is 0 Å². The van der Waals surface area contributed by atoms with E-state index < -0.39 is 23.5 Å². The standard InChI is InChI=1S/C14H13F3N2/c1-2-19-14(9-6-10(15)8-18-7-9)13-11(16)4-3-5-12(13)17/h3-8,14,19H,2H2,1H3. The van der Waals surface area contributed by atoms with Crippen molar-refractivity contribution < 1.29 is 13.2 Å². The Morgan fingerprint density at radius 2 is 1.84 bits per heavy atom. The lowest BCUT2D eigenvalue weighted by atomic mass is 9.99. The van der Waals surface area contributed by atoms with Crippen LogP contribution in [-0.4, -0.2) is 11.5 Å². The zero-order valence-corrected chi connectivity index (χ0v) is 10.3. The minimum atomic E-state index is -0.769. The molecule has 0 aliphatic carbocycles. The third-order valence-electron chi connectivity index (χ3n) is 2.76. The molecule has 2 aromatic rings. The minimum absolute atomic E-state index is 0.128. The van der Waals surface area contributed by atoms with E-state index in [2.05, 4.69) is 10.3 Å². The Morgan fingerprint density at radius 3 is 2.42 bits per heavy atom. The van der Waals surface area contributed by atoms with Crippen molar-refractivity contribution in [3.8, 4) is 0 Å². The summed E-state index contributed by atoms with van der Waals surface area (Å²) in [6, 6.07) is 4.09. The maximum Gasteiger partial charge on any atom is 0.141 e. The van der Waals surface area contributed by atoms with Crippen LogP contribution in [-0.2, 0) is 0 Å². The maximum atomic E-state index is 13.8. The molecule has 0 radical (unpaired) electrons. The molecule has 0 spiro atoms. The highest BCUT2D eigenvalue weighted by Crippen LogP contribution is 2.26. The molecule has 0 saturated heterocycles. The highest BCUT2D eigenvalue weighted by Gasteiger charge is 2.21. The van der Waals surface area contributed by atoms with Crippen molar-refractivity contribution in [1.29, 1.82) is 0 Å². The van der Waals surface area contributed by atoms with Gasteiger partial charge in [-0.1, -0.05) is 13.0 Å². The van der Waals surface area contributed by atoms with Crippen LogP contribution in [0.15, 0.2) is 36.7 Å². The number of halogens is 3. The average molecular weight is 266 g/mol. The topological polar surface area (TPSA) is 24.9 Å². The lowest BCUT2D eigenvalue weighted by Crippen LogP contribution is -2.24. The molecule has 19 heavy (non-hydrogen) atoms. The lowest BCUT2D eigenvalue weighted by molar-refractivity contribution is 0.507. The van der Waals surface area contributed by atoms with E-state index in [9.17, 15) is 13.2 Å². The number of rotatable bonds is 4. The number of hydrogen-bond acceptors (Lipinski definition) is 2. The SMILES string of the molecule is CCNC(c1cncc(F)c1)c1c(F)cccc1F. The van der Waals surface area contributed by atoms with Gasteiger partial charge in [0.1, 0.15) is 17.5 Å². The summed E-state index contributed by atoms with van der Waals surface area (Å²) in [5, 5.41) is 2.94. The number of nitrogens with zero attached hydrogens (tertiary/aromatic N) is 1. The molecule has 1 unspecified atom stereocenters. The van der Waals surface area contributed by atoms with Gasteiger partial charge in [-0.05, 0) is 30.3 Å². The summed E-state index contributed by atoms with van der Waals surface area (Å²) in [5.74, 6) is -1.89. The smallest absolute Gasteiger partial charge is 0.141 e. The molecular weight excluding hydrogens is 253 g/mol. The van der Waals surface area contributed by atoms with E-state index in [1.54, 1.807) is 6.92 Å². The fraction of sp³-hybridized carbons (Fsp3) is 0.214. The highest BCUT2D eigenvalue weighted by molar-refractivity contribution is 5.32. The molecule has 2 rings (SSSR count). The third-order valence-corrected chi connectivity index (χ3v) is 2.76. The van der Waals surface area contributed by atoms with E-state index in [0.29, 0.717) is 12.1 Å². The molecule has 1 N–H and O–H groups in total. The van der Waals surface area contributed by atoms with Gasteiger partial charge in [-0.2, -0.15) is 0 Å². The van der Waals surface area contributed by atoms with E-state index >= 15 is 0 Å². The number of nitrogens with one attached hydrogen (secondary N) is 1. The minimum Gasteiger partial charge on any atom is -0.306 e. The van der Waals surface area contributed by atoms with Gasteiger partial charge in [-0.25, -0.2) is 13.2 Å². The van der Waals surface area contributed by atoms with Crippen molar-refractivity contribution in [2.75, 3.05) is 6.54 Å². The first kappa shape index (κ1) is 13.5. The second-order valence-corrected chi connectivity index (χ2v) is 4.06. The predicted octanol–water partition coefficient (Wildman–Crippen LogP) is 3.20. The van der Waals surface area contributed by atoms with Gasteiger partial charge in [-0.3, -0.25) is 4.98 Å². The summed E-state index contributed by atoms with van der Waals surface area (Å²) in [6.45, 7) is 2.29. The molecule has 0 saturated carbocycles. The lowest BCUT2D eigenvalue weighted by Gasteiger charge is -2.19. The second-order valence-electron chi connectivity index (χ2n) is 4.06. The van der Waals surface area contributed by atoms with E-state index in [-0.39, 0.29) is 5.56 Å². The molecule has 0 bridgehead atoms. The van der Waals surface area contributed by atoms with Crippen LogP contribution >= 0.6 is 0 Å². The summed E-state index contributed by atoms with van der Waals surface area (Å²) < 4.78 is 40.8. The third kappa shape index (κ3) is 2.93. The van der Waals surface area contributed by atoms with Crippen LogP contribution in [0.4, 0.5) is 13.2 Å². The van der Waals surface area contributed by atoms with Crippen molar-refractivity contribution in [3.05, 3.63) is 65.2 Å². The van der Waals surface area contributed by atoms with E-state index in [1.165, 1.54) is 30.5 Å². The molecule has 5 heteroatoms. The van der Waals surface area contributed by atoms with Crippen LogP contribution in [0.1, 0.15) is 24.1 Å². The Bertz CT molecular complexity index is 552. The van der Waals surface area contributed by atoms with Crippen LogP contribution in [0.25, 0.3) is 0 Å². The Balaban J connectivity index is 2.51. The second kappa shape index (κ2) is 5.84. The number of aromatic nitrogens is 1. The number of pyridine rings is 1. The Hall–Kier alpha value is -1.88. The summed E-state index contributed by atoms with van der Waals surface area (Å²) in [4.78, 5) is 3.71. The largest absolute Gasteiger partial charge is 0.306 e. The Morgan fingerprint density at radius 1 is 1.16 bits per heavy atom.